The molecule has 3 aromatic rings. The number of nitrogens with zero attached hydrogens (tertiary/aromatic N) is 3. The summed E-state index contributed by atoms with van der Waals surface area (Å²) in [5, 5.41) is 10.9. The quantitative estimate of drug-likeness (QED) is 0.263. The number of ether oxygens (including phenoxy) is 1. The zero-order valence-electron chi connectivity index (χ0n) is 27.8. The number of aliphatic hydroxyl groups excluding tert-OH is 1. The molecule has 1 spiro atoms. The number of rotatable bonds is 13. The van der Waals surface area contributed by atoms with Crippen LogP contribution in [-0.4, -0.2) is 75.6 Å². The molecule has 1 N–H and O–H groups in total. The van der Waals surface area contributed by atoms with Gasteiger partial charge < -0.3 is 24.5 Å². The van der Waals surface area contributed by atoms with E-state index < -0.39 is 35.1 Å². The average Bonchev–Trinajstić information content (AvgIpc) is 3.62. The molecule has 250 valence electrons. The minimum atomic E-state index is -1.26. The second-order valence-electron chi connectivity index (χ2n) is 13.5. The molecule has 3 aliphatic heterocycles. The topological polar surface area (TPSA) is 90.4 Å². The Bertz CT molecular complexity index is 1650. The van der Waals surface area contributed by atoms with Gasteiger partial charge in [-0.25, -0.2) is 0 Å². The van der Waals surface area contributed by atoms with E-state index in [-0.39, 0.29) is 43.3 Å². The maximum Gasteiger partial charge on any atom is 0.249 e. The Balaban J connectivity index is 1.47. The second-order valence-corrected chi connectivity index (χ2v) is 13.5. The lowest BCUT2D eigenvalue weighted by Gasteiger charge is -2.39. The van der Waals surface area contributed by atoms with E-state index in [1.54, 1.807) is 26.9 Å². The summed E-state index contributed by atoms with van der Waals surface area (Å²) in [6.45, 7) is 12.2. The van der Waals surface area contributed by atoms with Gasteiger partial charge in [0.05, 0.1) is 30.1 Å². The first kappa shape index (κ1) is 33.4. The van der Waals surface area contributed by atoms with Gasteiger partial charge in [-0.2, -0.15) is 0 Å². The molecular weight excluding hydrogens is 602 g/mol. The van der Waals surface area contributed by atoms with Crippen LogP contribution in [-0.2, 0) is 32.1 Å². The predicted molar refractivity (Wildman–Crippen MR) is 186 cm³/mol. The van der Waals surface area contributed by atoms with E-state index in [2.05, 4.69) is 13.2 Å². The predicted octanol–water partition coefficient (Wildman–Crippen LogP) is 5.03. The number of hydrogen-bond donors (Lipinski definition) is 1. The number of aliphatic hydroxyl groups is 1. The third kappa shape index (κ3) is 5.57. The van der Waals surface area contributed by atoms with Crippen LogP contribution in [0.3, 0.4) is 0 Å². The molecule has 0 aliphatic carbocycles. The fraction of sp³-hybridized carbons (Fsp3) is 0.375. The molecule has 0 saturated carbocycles. The van der Waals surface area contributed by atoms with Crippen molar-refractivity contribution in [2.45, 2.75) is 56.5 Å². The van der Waals surface area contributed by atoms with E-state index in [4.69, 9.17) is 4.74 Å². The van der Waals surface area contributed by atoms with Crippen LogP contribution in [0.4, 0.5) is 5.69 Å². The number of carbonyl (C=O) groups excluding carboxylic acids is 3. The van der Waals surface area contributed by atoms with Crippen LogP contribution in [0, 0.1) is 17.8 Å². The lowest BCUT2D eigenvalue weighted by atomic mass is 9.62. The number of likely N-dealkylation sites (tertiary alicyclic amines) is 1. The molecule has 0 aromatic heterocycles. The Labute approximate surface area is 283 Å². The van der Waals surface area contributed by atoms with Crippen LogP contribution in [0.15, 0.2) is 116 Å². The highest BCUT2D eigenvalue weighted by atomic mass is 16.5. The summed E-state index contributed by atoms with van der Waals surface area (Å²) in [5.41, 5.74) is 0.306. The first-order valence-electron chi connectivity index (χ1n) is 16.8. The summed E-state index contributed by atoms with van der Waals surface area (Å²) >= 11 is 0. The van der Waals surface area contributed by atoms with Crippen molar-refractivity contribution < 1.29 is 24.2 Å². The smallest absolute Gasteiger partial charge is 0.249 e. The Morgan fingerprint density at radius 3 is 2.10 bits per heavy atom. The van der Waals surface area contributed by atoms with Crippen LogP contribution in [0.2, 0.25) is 0 Å². The van der Waals surface area contributed by atoms with Crippen LogP contribution in [0.5, 0.6) is 0 Å². The van der Waals surface area contributed by atoms with Crippen LogP contribution < -0.4 is 4.90 Å². The highest BCUT2D eigenvalue weighted by molar-refractivity contribution is 6.03. The molecule has 3 amide bonds. The SMILES string of the molecule is C=CCN(Cc1ccccc1)C(=O)C1N([C@@H](CO)Cc2ccccc2)C(=O)[C@@H]2[C@@H](C(=O)N(CC=C)c3ccccc3)[C@]3(C)OC12CC3C. The van der Waals surface area contributed by atoms with Crippen molar-refractivity contribution >= 4 is 23.4 Å². The molecule has 3 aromatic carbocycles. The van der Waals surface area contributed by atoms with Gasteiger partial charge in [0, 0.05) is 25.3 Å². The van der Waals surface area contributed by atoms with E-state index in [0.29, 0.717) is 25.1 Å². The summed E-state index contributed by atoms with van der Waals surface area (Å²) in [5.74, 6) is -2.75. The molecule has 2 bridgehead atoms. The van der Waals surface area contributed by atoms with Gasteiger partial charge in [-0.15, -0.1) is 13.2 Å². The van der Waals surface area contributed by atoms with Crippen LogP contribution >= 0.6 is 0 Å². The maximum absolute atomic E-state index is 15.1. The zero-order chi connectivity index (χ0) is 34.1. The first-order chi connectivity index (χ1) is 23.2. The van der Waals surface area contributed by atoms with Crippen molar-refractivity contribution in [2.24, 2.45) is 17.8 Å². The Morgan fingerprint density at radius 1 is 0.938 bits per heavy atom. The van der Waals surface area contributed by atoms with Gasteiger partial charge in [-0.3, -0.25) is 14.4 Å². The molecule has 6 rings (SSSR count). The monoisotopic (exact) mass is 647 g/mol. The standard InChI is InChI=1S/C40H45N3O5/c1-5-22-41(26-30-18-12-8-13-19-30)38(47)35-40-25-28(3)39(4,48-40)33(36(45)42(23-6-2)31-20-14-9-15-21-31)34(40)37(46)43(35)32(27-44)24-29-16-10-7-11-17-29/h5-21,28,32-35,44H,1-2,22-27H2,3-4H3/t28?,32-,33+,34+,35?,39-,40?/m1/s1. The highest BCUT2D eigenvalue weighted by Crippen LogP contribution is 2.66. The molecule has 3 saturated heterocycles. The van der Waals surface area contributed by atoms with Gasteiger partial charge in [0.2, 0.25) is 17.7 Å². The number of carbonyl (C=O) groups is 3. The molecule has 3 aliphatic rings. The van der Waals surface area contributed by atoms with Crippen molar-refractivity contribution in [3.05, 3.63) is 127 Å². The van der Waals surface area contributed by atoms with Crippen LogP contribution in [0.1, 0.15) is 31.4 Å². The van der Waals surface area contributed by atoms with Gasteiger partial charge >= 0.3 is 0 Å². The third-order valence-corrected chi connectivity index (χ3v) is 10.7. The lowest BCUT2D eigenvalue weighted by molar-refractivity contribution is -0.155. The molecule has 3 fully saturated rings. The van der Waals surface area contributed by atoms with Gasteiger partial charge in [-0.1, -0.05) is 97.9 Å². The highest BCUT2D eigenvalue weighted by Gasteiger charge is 2.80. The molecule has 8 nitrogen and oxygen atoms in total. The Kier molecular flexibility index (Phi) is 9.41. The van der Waals surface area contributed by atoms with Crippen molar-refractivity contribution in [1.29, 1.82) is 0 Å². The summed E-state index contributed by atoms with van der Waals surface area (Å²) < 4.78 is 7.05. The first-order valence-corrected chi connectivity index (χ1v) is 16.8. The molecule has 3 unspecified atom stereocenters. The van der Waals surface area contributed by atoms with Crippen molar-refractivity contribution in [3.8, 4) is 0 Å². The number of benzene rings is 3. The van der Waals surface area contributed by atoms with Crippen LogP contribution in [0.25, 0.3) is 0 Å². The average molecular weight is 648 g/mol. The number of para-hydroxylation sites is 1. The Morgan fingerprint density at radius 2 is 1.52 bits per heavy atom. The van der Waals surface area contributed by atoms with Gasteiger partial charge in [0.25, 0.3) is 0 Å². The summed E-state index contributed by atoms with van der Waals surface area (Å²) in [4.78, 5) is 49.9. The molecule has 0 radical (unpaired) electrons. The van der Waals surface area contributed by atoms with Crippen molar-refractivity contribution in [3.63, 3.8) is 0 Å². The van der Waals surface area contributed by atoms with E-state index in [1.165, 1.54) is 0 Å². The van der Waals surface area contributed by atoms with Gasteiger partial charge in [0.1, 0.15) is 11.6 Å². The zero-order valence-corrected chi connectivity index (χ0v) is 27.8. The summed E-state index contributed by atoms with van der Waals surface area (Å²) in [6, 6.07) is 26.9. The molecular formula is C40H45N3O5. The fourth-order valence-electron chi connectivity index (χ4n) is 8.45. The normalized spacial score (nSPS) is 27.7. The number of hydrogen-bond acceptors (Lipinski definition) is 5. The summed E-state index contributed by atoms with van der Waals surface area (Å²) in [7, 11) is 0. The van der Waals surface area contributed by atoms with Gasteiger partial charge in [-0.05, 0) is 48.9 Å². The van der Waals surface area contributed by atoms with Crippen molar-refractivity contribution in [2.75, 3.05) is 24.6 Å². The minimum Gasteiger partial charge on any atom is -0.394 e. The van der Waals surface area contributed by atoms with E-state index in [1.807, 2.05) is 105 Å². The number of amides is 3. The largest absolute Gasteiger partial charge is 0.394 e. The third-order valence-electron chi connectivity index (χ3n) is 10.7. The minimum absolute atomic E-state index is 0.129. The van der Waals surface area contributed by atoms with Crippen molar-refractivity contribution in [1.82, 2.24) is 9.80 Å². The van der Waals surface area contributed by atoms with E-state index in [9.17, 15) is 9.90 Å². The van der Waals surface area contributed by atoms with E-state index >= 15 is 9.59 Å². The molecule has 48 heavy (non-hydrogen) atoms. The lowest BCUT2D eigenvalue weighted by Crippen LogP contribution is -2.59. The second kappa shape index (κ2) is 13.5. The Hall–Kier alpha value is -4.53. The number of anilines is 1. The van der Waals surface area contributed by atoms with Gasteiger partial charge in [0.15, 0.2) is 0 Å². The fourth-order valence-corrected chi connectivity index (χ4v) is 8.45. The molecule has 7 atom stereocenters. The molecule has 8 heteroatoms. The maximum atomic E-state index is 15.1. The van der Waals surface area contributed by atoms with E-state index in [0.717, 1.165) is 11.1 Å². The number of fused-ring (bicyclic) bond motifs is 1. The summed E-state index contributed by atoms with van der Waals surface area (Å²) in [6.07, 6.45) is 4.13. The molecule has 3 heterocycles.